The van der Waals surface area contributed by atoms with E-state index in [0.717, 1.165) is 30.3 Å². The standard InChI is InChI=1S/C20H24FNO5S2/c1-13-4-7-19(28(23,24)18-8-5-16(21)6-9-18)12-20(13)29(25,26)22-17-10-14(2)27-15(3)11-17/h4-9,12,14-15,17,22H,10-11H2,1-3H3/t14-,15+,17?. The SMILES string of the molecule is Cc1ccc(S(=O)(=O)c2ccc(F)cc2)cc1S(=O)(=O)NC1C[C@@H](C)O[C@@H](C)C1. The van der Waals surface area contributed by atoms with Crippen LogP contribution in [0.2, 0.25) is 0 Å². The fraction of sp³-hybridized carbons (Fsp3) is 0.400. The molecule has 1 fully saturated rings. The number of nitrogens with one attached hydrogen (secondary N) is 1. The molecule has 1 aliphatic heterocycles. The van der Waals surface area contributed by atoms with E-state index in [1.54, 1.807) is 6.92 Å². The van der Waals surface area contributed by atoms with Gasteiger partial charge in [-0.2, -0.15) is 0 Å². The summed E-state index contributed by atoms with van der Waals surface area (Å²) in [4.78, 5) is -0.359. The molecule has 2 aromatic carbocycles. The van der Waals surface area contributed by atoms with E-state index in [1.807, 2.05) is 13.8 Å². The quantitative estimate of drug-likeness (QED) is 0.720. The van der Waals surface area contributed by atoms with Gasteiger partial charge in [0.05, 0.1) is 26.9 Å². The average Bonchev–Trinajstić information content (AvgIpc) is 2.60. The highest BCUT2D eigenvalue weighted by molar-refractivity contribution is 7.91. The Bertz CT molecular complexity index is 1090. The normalized spacial score (nSPS) is 23.1. The third-order valence-electron chi connectivity index (χ3n) is 4.90. The predicted octanol–water partition coefficient (Wildman–Crippen LogP) is 3.20. The summed E-state index contributed by atoms with van der Waals surface area (Å²) in [6, 6.07) is 8.08. The number of halogens is 1. The summed E-state index contributed by atoms with van der Waals surface area (Å²) < 4.78 is 73.2. The van der Waals surface area contributed by atoms with Crippen LogP contribution in [0.3, 0.4) is 0 Å². The number of aryl methyl sites for hydroxylation is 1. The number of hydrogen-bond acceptors (Lipinski definition) is 5. The van der Waals surface area contributed by atoms with Crippen LogP contribution < -0.4 is 4.72 Å². The van der Waals surface area contributed by atoms with E-state index < -0.39 is 25.7 Å². The number of ether oxygens (including phenoxy) is 1. The lowest BCUT2D eigenvalue weighted by molar-refractivity contribution is -0.0388. The van der Waals surface area contributed by atoms with Crippen LogP contribution in [-0.2, 0) is 24.6 Å². The number of benzene rings is 2. The molecule has 3 atom stereocenters. The zero-order chi connectivity index (χ0) is 21.4. The number of sulfonamides is 1. The van der Waals surface area contributed by atoms with Crippen molar-refractivity contribution in [3.63, 3.8) is 0 Å². The molecule has 0 aromatic heterocycles. The van der Waals surface area contributed by atoms with Crippen molar-refractivity contribution in [3.05, 3.63) is 53.8 Å². The molecule has 3 rings (SSSR count). The van der Waals surface area contributed by atoms with Gasteiger partial charge < -0.3 is 4.74 Å². The molecule has 0 aliphatic carbocycles. The molecule has 1 aliphatic rings. The van der Waals surface area contributed by atoms with E-state index in [-0.39, 0.29) is 32.9 Å². The average molecular weight is 442 g/mol. The largest absolute Gasteiger partial charge is 0.375 e. The van der Waals surface area contributed by atoms with Gasteiger partial charge in [-0.15, -0.1) is 0 Å². The molecule has 1 unspecified atom stereocenters. The molecule has 0 saturated carbocycles. The summed E-state index contributed by atoms with van der Waals surface area (Å²) in [5.41, 5.74) is 0.434. The molecule has 6 nitrogen and oxygen atoms in total. The second kappa shape index (κ2) is 8.14. The lowest BCUT2D eigenvalue weighted by atomic mass is 10.0. The van der Waals surface area contributed by atoms with Crippen molar-refractivity contribution in [1.82, 2.24) is 4.72 Å². The molecule has 2 aromatic rings. The summed E-state index contributed by atoms with van der Waals surface area (Å²) in [5.74, 6) is -0.555. The van der Waals surface area contributed by atoms with E-state index >= 15 is 0 Å². The highest BCUT2D eigenvalue weighted by Gasteiger charge is 2.30. The van der Waals surface area contributed by atoms with Gasteiger partial charge in [-0.25, -0.2) is 25.9 Å². The topological polar surface area (TPSA) is 89.5 Å². The molecule has 9 heteroatoms. The minimum Gasteiger partial charge on any atom is -0.375 e. The van der Waals surface area contributed by atoms with Gasteiger partial charge in [-0.05, 0) is 75.6 Å². The molecule has 0 radical (unpaired) electrons. The number of sulfone groups is 1. The van der Waals surface area contributed by atoms with E-state index in [4.69, 9.17) is 4.74 Å². The van der Waals surface area contributed by atoms with E-state index in [2.05, 4.69) is 4.72 Å². The first-order chi connectivity index (χ1) is 13.5. The van der Waals surface area contributed by atoms with Gasteiger partial charge in [0.1, 0.15) is 5.82 Å². The summed E-state index contributed by atoms with van der Waals surface area (Å²) in [7, 11) is -7.92. The van der Waals surface area contributed by atoms with Gasteiger partial charge >= 0.3 is 0 Å². The molecule has 1 heterocycles. The van der Waals surface area contributed by atoms with Crippen molar-refractivity contribution in [2.24, 2.45) is 0 Å². The first kappa shape index (κ1) is 21.9. The lowest BCUT2D eigenvalue weighted by Gasteiger charge is -2.32. The molecule has 1 saturated heterocycles. The third kappa shape index (κ3) is 4.85. The fourth-order valence-corrected chi connectivity index (χ4v) is 6.46. The Labute approximate surface area is 171 Å². The Morgan fingerprint density at radius 3 is 2.07 bits per heavy atom. The van der Waals surface area contributed by atoms with Gasteiger partial charge in [0.2, 0.25) is 19.9 Å². The van der Waals surface area contributed by atoms with Crippen molar-refractivity contribution < 1.29 is 26.0 Å². The number of hydrogen-bond donors (Lipinski definition) is 1. The third-order valence-corrected chi connectivity index (χ3v) is 8.33. The summed E-state index contributed by atoms with van der Waals surface area (Å²) >= 11 is 0. The molecule has 1 N–H and O–H groups in total. The predicted molar refractivity (Wildman–Crippen MR) is 106 cm³/mol. The zero-order valence-corrected chi connectivity index (χ0v) is 18.1. The first-order valence-electron chi connectivity index (χ1n) is 9.28. The Morgan fingerprint density at radius 2 is 1.48 bits per heavy atom. The second-order valence-corrected chi connectivity index (χ2v) is 11.1. The maximum Gasteiger partial charge on any atom is 0.241 e. The summed E-state index contributed by atoms with van der Waals surface area (Å²) in [6.45, 7) is 5.38. The van der Waals surface area contributed by atoms with Gasteiger partial charge in [0.15, 0.2) is 0 Å². The van der Waals surface area contributed by atoms with Crippen molar-refractivity contribution >= 4 is 19.9 Å². The van der Waals surface area contributed by atoms with E-state index in [1.165, 1.54) is 12.1 Å². The highest BCUT2D eigenvalue weighted by Crippen LogP contribution is 2.27. The minimum absolute atomic E-state index is 0.0715. The van der Waals surface area contributed by atoms with Gasteiger partial charge in [0, 0.05) is 6.04 Å². The highest BCUT2D eigenvalue weighted by atomic mass is 32.2. The zero-order valence-electron chi connectivity index (χ0n) is 16.4. The fourth-order valence-electron chi connectivity index (χ4n) is 3.57. The van der Waals surface area contributed by atoms with Gasteiger partial charge in [-0.1, -0.05) is 6.07 Å². The molecule has 0 spiro atoms. The van der Waals surface area contributed by atoms with Gasteiger partial charge in [-0.3, -0.25) is 0 Å². The summed E-state index contributed by atoms with van der Waals surface area (Å²) in [6.07, 6.45) is 0.933. The van der Waals surface area contributed by atoms with Crippen LogP contribution in [0.1, 0.15) is 32.3 Å². The smallest absolute Gasteiger partial charge is 0.241 e. The van der Waals surface area contributed by atoms with E-state index in [9.17, 15) is 21.2 Å². The minimum atomic E-state index is -3.98. The molecule has 0 bridgehead atoms. The Kier molecular flexibility index (Phi) is 6.14. The molecular formula is C20H24FNO5S2. The first-order valence-corrected chi connectivity index (χ1v) is 12.2. The van der Waals surface area contributed by atoms with Crippen molar-refractivity contribution in [2.75, 3.05) is 0 Å². The van der Waals surface area contributed by atoms with Crippen LogP contribution in [-0.4, -0.2) is 35.1 Å². The van der Waals surface area contributed by atoms with Crippen LogP contribution >= 0.6 is 0 Å². The Hall–Kier alpha value is -1.81. The van der Waals surface area contributed by atoms with Crippen molar-refractivity contribution in [1.29, 1.82) is 0 Å². The van der Waals surface area contributed by atoms with Gasteiger partial charge in [0.25, 0.3) is 0 Å². The number of rotatable bonds is 5. The maximum absolute atomic E-state index is 13.1. The molecular weight excluding hydrogens is 417 g/mol. The molecule has 0 amide bonds. The Balaban J connectivity index is 1.95. The van der Waals surface area contributed by atoms with Crippen LogP contribution in [0.5, 0.6) is 0 Å². The molecule has 29 heavy (non-hydrogen) atoms. The monoisotopic (exact) mass is 441 g/mol. The van der Waals surface area contributed by atoms with Crippen LogP contribution in [0.25, 0.3) is 0 Å². The second-order valence-electron chi connectivity index (χ2n) is 7.43. The molecule has 158 valence electrons. The van der Waals surface area contributed by atoms with Crippen LogP contribution in [0.4, 0.5) is 4.39 Å². The Morgan fingerprint density at radius 1 is 0.931 bits per heavy atom. The summed E-state index contributed by atoms with van der Waals surface area (Å²) in [5, 5.41) is 0. The maximum atomic E-state index is 13.1. The van der Waals surface area contributed by atoms with Crippen LogP contribution in [0.15, 0.2) is 57.2 Å². The van der Waals surface area contributed by atoms with Crippen molar-refractivity contribution in [3.8, 4) is 0 Å². The lowest BCUT2D eigenvalue weighted by Crippen LogP contribution is -2.44. The van der Waals surface area contributed by atoms with Crippen molar-refractivity contribution in [2.45, 2.75) is 66.5 Å². The van der Waals surface area contributed by atoms with E-state index in [0.29, 0.717) is 18.4 Å². The van der Waals surface area contributed by atoms with Crippen LogP contribution in [0, 0.1) is 12.7 Å².